The van der Waals surface area contributed by atoms with Crippen LogP contribution < -0.4 is 10.2 Å². The first-order valence-corrected chi connectivity index (χ1v) is 8.95. The van der Waals surface area contributed by atoms with Gasteiger partial charge in [-0.05, 0) is 44.0 Å². The van der Waals surface area contributed by atoms with Gasteiger partial charge in [0.1, 0.15) is 0 Å². The highest BCUT2D eigenvalue weighted by Gasteiger charge is 2.39. The first kappa shape index (κ1) is 17.0. The SMILES string of the molecule is CCc1ccccc1N1CC(C(=O)N2CCC(CNC)C2)CC1=O. The van der Waals surface area contributed by atoms with Gasteiger partial charge in [0, 0.05) is 31.7 Å². The van der Waals surface area contributed by atoms with Crippen molar-refractivity contribution in [3.8, 4) is 0 Å². The van der Waals surface area contributed by atoms with Crippen LogP contribution in [0.15, 0.2) is 24.3 Å². The number of hydrogen-bond donors (Lipinski definition) is 1. The number of nitrogens with zero attached hydrogens (tertiary/aromatic N) is 2. The van der Waals surface area contributed by atoms with Crippen molar-refractivity contribution in [3.05, 3.63) is 29.8 Å². The van der Waals surface area contributed by atoms with E-state index in [-0.39, 0.29) is 17.7 Å². The zero-order valence-corrected chi connectivity index (χ0v) is 14.6. The Bertz CT molecular complexity index is 616. The Balaban J connectivity index is 1.67. The second-order valence-electron chi connectivity index (χ2n) is 6.88. The molecule has 0 saturated carbocycles. The number of carbonyl (C=O) groups is 2. The fourth-order valence-electron chi connectivity index (χ4n) is 3.93. The summed E-state index contributed by atoms with van der Waals surface area (Å²) in [6.45, 7) is 5.19. The molecule has 2 saturated heterocycles. The van der Waals surface area contributed by atoms with Crippen LogP contribution in [0.2, 0.25) is 0 Å². The molecule has 0 spiro atoms. The van der Waals surface area contributed by atoms with E-state index in [1.807, 2.05) is 35.0 Å². The van der Waals surface area contributed by atoms with Crippen LogP contribution in [0.25, 0.3) is 0 Å². The Hall–Kier alpha value is -1.88. The Morgan fingerprint density at radius 2 is 2.08 bits per heavy atom. The van der Waals surface area contributed by atoms with Gasteiger partial charge in [-0.25, -0.2) is 0 Å². The highest BCUT2D eigenvalue weighted by atomic mass is 16.2. The lowest BCUT2D eigenvalue weighted by molar-refractivity contribution is -0.134. The van der Waals surface area contributed by atoms with Crippen LogP contribution in [-0.2, 0) is 16.0 Å². The van der Waals surface area contributed by atoms with E-state index in [9.17, 15) is 9.59 Å². The van der Waals surface area contributed by atoms with Crippen molar-refractivity contribution in [1.29, 1.82) is 0 Å². The van der Waals surface area contributed by atoms with Gasteiger partial charge < -0.3 is 15.1 Å². The van der Waals surface area contributed by atoms with Crippen LogP contribution in [0.3, 0.4) is 0 Å². The van der Waals surface area contributed by atoms with Gasteiger partial charge in [-0.15, -0.1) is 0 Å². The molecule has 5 nitrogen and oxygen atoms in total. The number of rotatable bonds is 5. The monoisotopic (exact) mass is 329 g/mol. The fraction of sp³-hybridized carbons (Fsp3) is 0.579. The van der Waals surface area contributed by atoms with Crippen molar-refractivity contribution in [2.45, 2.75) is 26.2 Å². The largest absolute Gasteiger partial charge is 0.342 e. The van der Waals surface area contributed by atoms with E-state index in [2.05, 4.69) is 18.3 Å². The number of anilines is 1. The average Bonchev–Trinajstić information content (AvgIpc) is 3.21. The first-order valence-electron chi connectivity index (χ1n) is 8.95. The van der Waals surface area contributed by atoms with Crippen LogP contribution in [0.4, 0.5) is 5.69 Å². The van der Waals surface area contributed by atoms with Gasteiger partial charge >= 0.3 is 0 Å². The number of carbonyl (C=O) groups excluding carboxylic acids is 2. The second-order valence-corrected chi connectivity index (χ2v) is 6.88. The molecule has 1 aromatic rings. The topological polar surface area (TPSA) is 52.7 Å². The summed E-state index contributed by atoms with van der Waals surface area (Å²) in [6, 6.07) is 8.00. The molecule has 2 amide bonds. The summed E-state index contributed by atoms with van der Waals surface area (Å²) in [5.41, 5.74) is 2.13. The van der Waals surface area contributed by atoms with E-state index in [4.69, 9.17) is 0 Å². The highest BCUT2D eigenvalue weighted by molar-refractivity contribution is 6.00. The van der Waals surface area contributed by atoms with Crippen molar-refractivity contribution in [3.63, 3.8) is 0 Å². The molecular formula is C19H27N3O2. The quantitative estimate of drug-likeness (QED) is 0.894. The zero-order valence-electron chi connectivity index (χ0n) is 14.6. The molecule has 3 rings (SSSR count). The molecular weight excluding hydrogens is 302 g/mol. The smallest absolute Gasteiger partial charge is 0.228 e. The molecule has 1 aromatic carbocycles. The van der Waals surface area contributed by atoms with Gasteiger partial charge in [-0.1, -0.05) is 25.1 Å². The van der Waals surface area contributed by atoms with E-state index < -0.39 is 0 Å². The van der Waals surface area contributed by atoms with Crippen molar-refractivity contribution in [2.24, 2.45) is 11.8 Å². The third-order valence-corrected chi connectivity index (χ3v) is 5.23. The van der Waals surface area contributed by atoms with Crippen LogP contribution >= 0.6 is 0 Å². The third kappa shape index (κ3) is 3.31. The summed E-state index contributed by atoms with van der Waals surface area (Å²) in [5.74, 6) is 0.558. The van der Waals surface area contributed by atoms with Gasteiger partial charge in [-0.3, -0.25) is 9.59 Å². The Labute approximate surface area is 144 Å². The first-order chi connectivity index (χ1) is 11.6. The van der Waals surface area contributed by atoms with Gasteiger partial charge in [0.25, 0.3) is 0 Å². The lowest BCUT2D eigenvalue weighted by Gasteiger charge is -2.22. The van der Waals surface area contributed by atoms with Crippen LogP contribution in [-0.4, -0.2) is 49.9 Å². The Morgan fingerprint density at radius 1 is 1.29 bits per heavy atom. The molecule has 5 heteroatoms. The van der Waals surface area contributed by atoms with Gasteiger partial charge in [-0.2, -0.15) is 0 Å². The van der Waals surface area contributed by atoms with E-state index in [1.165, 1.54) is 0 Å². The van der Waals surface area contributed by atoms with Crippen molar-refractivity contribution in [2.75, 3.05) is 38.1 Å². The highest BCUT2D eigenvalue weighted by Crippen LogP contribution is 2.30. The van der Waals surface area contributed by atoms with Crippen LogP contribution in [0.5, 0.6) is 0 Å². The number of likely N-dealkylation sites (tertiary alicyclic amines) is 1. The minimum atomic E-state index is -0.198. The molecule has 2 unspecified atom stereocenters. The molecule has 130 valence electrons. The molecule has 2 aliphatic rings. The molecule has 2 fully saturated rings. The summed E-state index contributed by atoms with van der Waals surface area (Å²) in [6.07, 6.45) is 2.27. The summed E-state index contributed by atoms with van der Waals surface area (Å²) in [7, 11) is 1.95. The van der Waals surface area contributed by atoms with E-state index in [1.54, 1.807) is 0 Å². The molecule has 0 radical (unpaired) electrons. The number of aryl methyl sites for hydroxylation is 1. The maximum Gasteiger partial charge on any atom is 0.228 e. The average molecular weight is 329 g/mol. The molecule has 2 aliphatic heterocycles. The van der Waals surface area contributed by atoms with E-state index >= 15 is 0 Å². The van der Waals surface area contributed by atoms with Crippen molar-refractivity contribution < 1.29 is 9.59 Å². The number of para-hydroxylation sites is 1. The maximum atomic E-state index is 12.8. The van der Waals surface area contributed by atoms with Crippen molar-refractivity contribution in [1.82, 2.24) is 10.2 Å². The van der Waals surface area contributed by atoms with E-state index in [0.29, 0.717) is 18.9 Å². The molecule has 1 N–H and O–H groups in total. The summed E-state index contributed by atoms with van der Waals surface area (Å²) < 4.78 is 0. The molecule has 2 heterocycles. The fourth-order valence-corrected chi connectivity index (χ4v) is 3.93. The second kappa shape index (κ2) is 7.34. The van der Waals surface area contributed by atoms with Gasteiger partial charge in [0.05, 0.1) is 5.92 Å². The predicted octanol–water partition coefficient (Wildman–Crippen LogP) is 1.67. The molecule has 2 atom stereocenters. The predicted molar refractivity (Wildman–Crippen MR) is 94.9 cm³/mol. The van der Waals surface area contributed by atoms with Crippen LogP contribution in [0, 0.1) is 11.8 Å². The number of nitrogens with one attached hydrogen (secondary N) is 1. The Kier molecular flexibility index (Phi) is 5.19. The normalized spacial score (nSPS) is 24.0. The number of amides is 2. The zero-order chi connectivity index (χ0) is 17.1. The third-order valence-electron chi connectivity index (χ3n) is 5.23. The lowest BCUT2D eigenvalue weighted by Crippen LogP contribution is -2.36. The molecule has 0 aromatic heterocycles. The van der Waals surface area contributed by atoms with Gasteiger partial charge in [0.15, 0.2) is 0 Å². The van der Waals surface area contributed by atoms with Crippen molar-refractivity contribution >= 4 is 17.5 Å². The van der Waals surface area contributed by atoms with Gasteiger partial charge in [0.2, 0.25) is 11.8 Å². The van der Waals surface area contributed by atoms with Crippen LogP contribution in [0.1, 0.15) is 25.3 Å². The number of benzene rings is 1. The molecule has 0 bridgehead atoms. The summed E-state index contributed by atoms with van der Waals surface area (Å²) in [5, 5.41) is 3.19. The van der Waals surface area contributed by atoms with E-state index in [0.717, 1.165) is 43.7 Å². The Morgan fingerprint density at radius 3 is 2.83 bits per heavy atom. The standard InChI is InChI=1S/C19H27N3O2/c1-3-15-6-4-5-7-17(15)22-13-16(10-18(22)23)19(24)21-9-8-14(12-21)11-20-2/h4-7,14,16,20H,3,8-13H2,1-2H3. The summed E-state index contributed by atoms with van der Waals surface area (Å²) in [4.78, 5) is 29.0. The minimum absolute atomic E-state index is 0.0696. The molecule has 0 aliphatic carbocycles. The summed E-state index contributed by atoms with van der Waals surface area (Å²) >= 11 is 0. The maximum absolute atomic E-state index is 12.8. The number of hydrogen-bond acceptors (Lipinski definition) is 3. The lowest BCUT2D eigenvalue weighted by atomic mass is 10.1. The minimum Gasteiger partial charge on any atom is -0.342 e. The molecule has 24 heavy (non-hydrogen) atoms.